The molecule has 0 saturated heterocycles. The number of rotatable bonds is 0. The smallest absolute Gasteiger partial charge is 0.155 e. The highest BCUT2D eigenvalue weighted by atomic mass is 16.3. The summed E-state index contributed by atoms with van der Waals surface area (Å²) in [6, 6.07) is 0. The zero-order chi connectivity index (χ0) is 14.8. The van der Waals surface area contributed by atoms with Gasteiger partial charge in [0.15, 0.2) is 5.78 Å². The van der Waals surface area contributed by atoms with Crippen molar-refractivity contribution in [3.8, 4) is 0 Å². The molecule has 0 aromatic heterocycles. The number of hydrogen-bond donors (Lipinski definition) is 1. The van der Waals surface area contributed by atoms with Crippen molar-refractivity contribution in [3.63, 3.8) is 0 Å². The van der Waals surface area contributed by atoms with Gasteiger partial charge in [0.1, 0.15) is 0 Å². The van der Waals surface area contributed by atoms with E-state index in [4.69, 9.17) is 0 Å². The van der Waals surface area contributed by atoms with Crippen molar-refractivity contribution in [2.45, 2.75) is 71.3 Å². The maximum atomic E-state index is 11.8. The summed E-state index contributed by atoms with van der Waals surface area (Å²) in [5, 5.41) is 10.4. The predicted molar refractivity (Wildman–Crippen MR) is 82.7 cm³/mol. The van der Waals surface area contributed by atoms with Gasteiger partial charge >= 0.3 is 0 Å². The molecule has 0 amide bonds. The molecule has 2 heteroatoms. The molecule has 4 rings (SSSR count). The van der Waals surface area contributed by atoms with Crippen LogP contribution < -0.4 is 0 Å². The highest BCUT2D eigenvalue weighted by Crippen LogP contribution is 2.65. The Kier molecular flexibility index (Phi) is 2.96. The molecule has 3 saturated carbocycles. The Morgan fingerprint density at radius 3 is 2.67 bits per heavy atom. The third-order valence-electron chi connectivity index (χ3n) is 7.91. The van der Waals surface area contributed by atoms with Crippen LogP contribution in [0.5, 0.6) is 0 Å². The van der Waals surface area contributed by atoms with Crippen LogP contribution in [0, 0.1) is 28.6 Å². The van der Waals surface area contributed by atoms with Gasteiger partial charge in [-0.25, -0.2) is 0 Å². The van der Waals surface area contributed by atoms with Crippen LogP contribution >= 0.6 is 0 Å². The van der Waals surface area contributed by atoms with E-state index < -0.39 is 0 Å². The van der Waals surface area contributed by atoms with Crippen LogP contribution in [0.1, 0.15) is 65.2 Å². The van der Waals surface area contributed by atoms with E-state index in [1.54, 1.807) is 0 Å². The summed E-state index contributed by atoms with van der Waals surface area (Å²) in [4.78, 5) is 11.8. The van der Waals surface area contributed by atoms with E-state index in [1.807, 2.05) is 6.08 Å². The van der Waals surface area contributed by atoms with Gasteiger partial charge in [0.05, 0.1) is 6.10 Å². The van der Waals surface area contributed by atoms with E-state index in [0.717, 1.165) is 37.5 Å². The highest BCUT2D eigenvalue weighted by Gasteiger charge is 2.58. The lowest BCUT2D eigenvalue weighted by Crippen LogP contribution is -2.51. The van der Waals surface area contributed by atoms with E-state index in [-0.39, 0.29) is 16.9 Å². The van der Waals surface area contributed by atoms with Gasteiger partial charge in [-0.05, 0) is 79.6 Å². The van der Waals surface area contributed by atoms with Gasteiger partial charge in [0.2, 0.25) is 0 Å². The third kappa shape index (κ3) is 1.78. The lowest BCUT2D eigenvalue weighted by atomic mass is 9.47. The monoisotopic (exact) mass is 288 g/mol. The van der Waals surface area contributed by atoms with Crippen LogP contribution in [0.2, 0.25) is 0 Å². The highest BCUT2D eigenvalue weighted by molar-refractivity contribution is 5.91. The number of aliphatic hydroxyl groups is 1. The van der Waals surface area contributed by atoms with Gasteiger partial charge in [0.25, 0.3) is 0 Å². The minimum absolute atomic E-state index is 0.0823. The van der Waals surface area contributed by atoms with Crippen LogP contribution in [-0.2, 0) is 4.79 Å². The van der Waals surface area contributed by atoms with Crippen molar-refractivity contribution in [1.82, 2.24) is 0 Å². The first-order chi connectivity index (χ1) is 9.95. The van der Waals surface area contributed by atoms with Gasteiger partial charge < -0.3 is 5.11 Å². The van der Waals surface area contributed by atoms with Crippen molar-refractivity contribution in [3.05, 3.63) is 11.6 Å². The summed E-state index contributed by atoms with van der Waals surface area (Å²) in [5.41, 5.74) is 1.89. The van der Waals surface area contributed by atoms with Gasteiger partial charge in [-0.3, -0.25) is 4.79 Å². The molecule has 3 fully saturated rings. The Hall–Kier alpha value is -0.630. The fourth-order valence-corrected chi connectivity index (χ4v) is 6.53. The molecule has 4 aliphatic rings. The van der Waals surface area contributed by atoms with E-state index in [2.05, 4.69) is 13.8 Å². The first-order valence-corrected chi connectivity index (χ1v) is 8.87. The second-order valence-corrected chi connectivity index (χ2v) is 8.61. The average Bonchev–Trinajstić information content (AvgIpc) is 2.76. The Labute approximate surface area is 128 Å². The molecular weight excluding hydrogens is 260 g/mol. The summed E-state index contributed by atoms with van der Waals surface area (Å²) in [7, 11) is 0. The van der Waals surface area contributed by atoms with E-state index in [0.29, 0.717) is 11.7 Å². The molecule has 2 nitrogen and oxygen atoms in total. The standard InChI is InChI=1S/C19H28O2/c1-18-9-7-13(20)11-12(18)3-4-14-15-5-6-17(21)19(15,2)10-8-16(14)18/h11,14-17,21H,3-10H2,1-2H3/t14?,15-,16?,17?,18?,19?/m0/s1. The van der Waals surface area contributed by atoms with Crippen molar-refractivity contribution < 1.29 is 9.90 Å². The van der Waals surface area contributed by atoms with Gasteiger partial charge in [-0.2, -0.15) is 0 Å². The first-order valence-electron chi connectivity index (χ1n) is 8.87. The minimum Gasteiger partial charge on any atom is -0.393 e. The molecule has 4 aliphatic carbocycles. The van der Waals surface area contributed by atoms with Crippen molar-refractivity contribution in [2.75, 3.05) is 0 Å². The van der Waals surface area contributed by atoms with E-state index in [1.165, 1.54) is 31.3 Å². The number of carbonyl (C=O) groups excluding carboxylic acids is 1. The number of ketones is 1. The largest absolute Gasteiger partial charge is 0.393 e. The van der Waals surface area contributed by atoms with Crippen LogP contribution in [0.4, 0.5) is 0 Å². The first kappa shape index (κ1) is 14.0. The fraction of sp³-hybridized carbons (Fsp3) is 0.842. The molecule has 0 heterocycles. The quantitative estimate of drug-likeness (QED) is 0.734. The van der Waals surface area contributed by atoms with E-state index >= 15 is 0 Å². The lowest BCUT2D eigenvalue weighted by Gasteiger charge is -2.57. The summed E-state index contributed by atoms with van der Waals surface area (Å²) in [6.45, 7) is 4.76. The molecule has 0 bridgehead atoms. The second-order valence-electron chi connectivity index (χ2n) is 8.61. The zero-order valence-electron chi connectivity index (χ0n) is 13.4. The molecule has 0 aromatic carbocycles. The van der Waals surface area contributed by atoms with Crippen molar-refractivity contribution in [2.24, 2.45) is 28.6 Å². The SMILES string of the molecule is CC12CCC(=O)C=C1CCC1C2CCC2(C)C(O)CC[C@@H]12. The maximum absolute atomic E-state index is 11.8. The van der Waals surface area contributed by atoms with Gasteiger partial charge in [0, 0.05) is 6.42 Å². The minimum atomic E-state index is -0.0823. The number of aliphatic hydroxyl groups excluding tert-OH is 1. The molecule has 5 unspecified atom stereocenters. The van der Waals surface area contributed by atoms with Crippen molar-refractivity contribution in [1.29, 1.82) is 0 Å². The molecule has 116 valence electrons. The van der Waals surface area contributed by atoms with Crippen LogP contribution in [0.15, 0.2) is 11.6 Å². The van der Waals surface area contributed by atoms with Crippen molar-refractivity contribution >= 4 is 5.78 Å². The molecule has 21 heavy (non-hydrogen) atoms. The topological polar surface area (TPSA) is 37.3 Å². The van der Waals surface area contributed by atoms with E-state index in [9.17, 15) is 9.90 Å². The maximum Gasteiger partial charge on any atom is 0.155 e. The summed E-state index contributed by atoms with van der Waals surface area (Å²) < 4.78 is 0. The molecule has 0 spiro atoms. The lowest BCUT2D eigenvalue weighted by molar-refractivity contribution is -0.118. The summed E-state index contributed by atoms with van der Waals surface area (Å²) in [5.74, 6) is 2.57. The predicted octanol–water partition coefficient (Wildman–Crippen LogP) is 3.88. The molecule has 6 atom stereocenters. The van der Waals surface area contributed by atoms with Crippen LogP contribution in [0.3, 0.4) is 0 Å². The Morgan fingerprint density at radius 2 is 1.86 bits per heavy atom. The Balaban J connectivity index is 1.69. The Bertz CT molecular complexity index is 508. The molecule has 0 radical (unpaired) electrons. The number of hydrogen-bond acceptors (Lipinski definition) is 2. The molecule has 1 N–H and O–H groups in total. The molecule has 0 aromatic rings. The van der Waals surface area contributed by atoms with Crippen LogP contribution in [-0.4, -0.2) is 17.0 Å². The van der Waals surface area contributed by atoms with Crippen LogP contribution in [0.25, 0.3) is 0 Å². The average molecular weight is 288 g/mol. The molecular formula is C19H28O2. The zero-order valence-corrected chi connectivity index (χ0v) is 13.4. The van der Waals surface area contributed by atoms with Gasteiger partial charge in [-0.15, -0.1) is 0 Å². The number of carbonyl (C=O) groups is 1. The van der Waals surface area contributed by atoms with Gasteiger partial charge in [-0.1, -0.05) is 19.4 Å². The summed E-state index contributed by atoms with van der Waals surface area (Å²) >= 11 is 0. The molecule has 0 aliphatic heterocycles. The second kappa shape index (κ2) is 4.44. The fourth-order valence-electron chi connectivity index (χ4n) is 6.53. The Morgan fingerprint density at radius 1 is 1.05 bits per heavy atom. The summed E-state index contributed by atoms with van der Waals surface area (Å²) in [6.07, 6.45) is 10.7. The third-order valence-corrected chi connectivity index (χ3v) is 7.91. The number of fused-ring (bicyclic) bond motifs is 5. The normalized spacial score (nSPS) is 52.7. The number of allylic oxidation sites excluding steroid dienone is 1.